The van der Waals surface area contributed by atoms with E-state index in [9.17, 15) is 24.9 Å². The minimum atomic E-state index is -2.42. The fourth-order valence-corrected chi connectivity index (χ4v) is 8.52. The molecule has 0 radical (unpaired) electrons. The molecule has 4 aliphatic rings. The van der Waals surface area contributed by atoms with E-state index in [0.29, 0.717) is 49.1 Å². The van der Waals surface area contributed by atoms with Gasteiger partial charge in [0.05, 0.1) is 24.8 Å². The van der Waals surface area contributed by atoms with E-state index in [2.05, 4.69) is 24.1 Å². The Labute approximate surface area is 276 Å². The number of aliphatic hydroxyl groups is 2. The molecule has 1 spiro atoms. The van der Waals surface area contributed by atoms with Gasteiger partial charge in [-0.1, -0.05) is 35.9 Å². The van der Waals surface area contributed by atoms with Crippen LogP contribution in [0.25, 0.3) is 0 Å². The molecule has 2 aliphatic heterocycles. The Bertz CT molecular complexity index is 1510. The summed E-state index contributed by atoms with van der Waals surface area (Å²) < 4.78 is 6.57. The summed E-state index contributed by atoms with van der Waals surface area (Å²) in [5, 5.41) is 33.5. The van der Waals surface area contributed by atoms with Gasteiger partial charge in [0.15, 0.2) is 5.60 Å². The standard InChI is InChI=1S/C37H45ClN2O6/c1-3-7-28-9-6-17-40(28)34(42)20-37(45,35(43)44)26-11-15-33-31(19-26)39(21-25-10-13-29(25)32(41)4-2)22-36(23-46-33)16-5-8-24-18-27(38)12-14-30(24)36/h3-4,11-12,14-15,18-19,25,28-29,32,41,45H,1-2,5-10,13,16-17,20-23H2,(H,43,44)/t25-,28+,29+,32?,36-,37?/m0/s1. The summed E-state index contributed by atoms with van der Waals surface area (Å²) in [6, 6.07) is 11.1. The van der Waals surface area contributed by atoms with Crippen LogP contribution in [-0.4, -0.2) is 70.5 Å². The fraction of sp³-hybridized carbons (Fsp3) is 0.514. The molecule has 46 heavy (non-hydrogen) atoms. The minimum Gasteiger partial charge on any atom is -0.490 e. The first-order valence-electron chi connectivity index (χ1n) is 16.6. The molecule has 2 fully saturated rings. The smallest absolute Gasteiger partial charge is 0.340 e. The molecule has 2 unspecified atom stereocenters. The van der Waals surface area contributed by atoms with Gasteiger partial charge in [0, 0.05) is 36.1 Å². The number of likely N-dealkylation sites (tertiary alicyclic amines) is 1. The lowest BCUT2D eigenvalue weighted by Gasteiger charge is -2.45. The number of halogens is 1. The predicted octanol–water partition coefficient (Wildman–Crippen LogP) is 5.62. The zero-order valence-electron chi connectivity index (χ0n) is 26.4. The van der Waals surface area contributed by atoms with Crippen molar-refractivity contribution in [1.82, 2.24) is 4.90 Å². The monoisotopic (exact) mass is 648 g/mol. The summed E-state index contributed by atoms with van der Waals surface area (Å²) in [7, 11) is 0. The first kappa shape index (κ1) is 32.6. The molecule has 0 bridgehead atoms. The zero-order chi connectivity index (χ0) is 32.6. The number of aliphatic hydroxyl groups excluding tert-OH is 1. The van der Waals surface area contributed by atoms with Crippen LogP contribution in [0, 0.1) is 11.8 Å². The fourth-order valence-electron chi connectivity index (χ4n) is 8.32. The van der Waals surface area contributed by atoms with Crippen molar-refractivity contribution in [2.45, 2.75) is 80.9 Å². The first-order valence-corrected chi connectivity index (χ1v) is 16.9. The lowest BCUT2D eigenvalue weighted by atomic mass is 9.68. The van der Waals surface area contributed by atoms with Gasteiger partial charge in [-0.2, -0.15) is 0 Å². The quantitative estimate of drug-likeness (QED) is 0.287. The van der Waals surface area contributed by atoms with Crippen molar-refractivity contribution in [3.8, 4) is 5.75 Å². The Morgan fingerprint density at radius 1 is 1.15 bits per heavy atom. The highest BCUT2D eigenvalue weighted by molar-refractivity contribution is 6.30. The number of fused-ring (bicyclic) bond motifs is 3. The van der Waals surface area contributed by atoms with Crippen molar-refractivity contribution in [1.29, 1.82) is 0 Å². The lowest BCUT2D eigenvalue weighted by Crippen LogP contribution is -2.49. The van der Waals surface area contributed by atoms with E-state index in [1.807, 2.05) is 12.1 Å². The molecule has 9 heteroatoms. The van der Waals surface area contributed by atoms with E-state index in [1.54, 1.807) is 35.3 Å². The van der Waals surface area contributed by atoms with Gasteiger partial charge in [-0.25, -0.2) is 4.79 Å². The molecule has 2 aliphatic carbocycles. The molecule has 8 nitrogen and oxygen atoms in total. The molecule has 2 aromatic carbocycles. The molecule has 1 saturated heterocycles. The van der Waals surface area contributed by atoms with Crippen molar-refractivity contribution >= 4 is 29.2 Å². The van der Waals surface area contributed by atoms with Crippen molar-refractivity contribution in [2.24, 2.45) is 11.8 Å². The molecule has 2 aromatic rings. The molecule has 6 atom stereocenters. The number of aryl methyl sites for hydroxylation is 1. The highest BCUT2D eigenvalue weighted by Crippen LogP contribution is 2.47. The van der Waals surface area contributed by atoms with Crippen LogP contribution in [0.1, 0.15) is 68.1 Å². The van der Waals surface area contributed by atoms with E-state index in [1.165, 1.54) is 11.1 Å². The summed E-state index contributed by atoms with van der Waals surface area (Å²) in [4.78, 5) is 30.2. The number of anilines is 1. The third-order valence-electron chi connectivity index (χ3n) is 11.0. The molecular weight excluding hydrogens is 604 g/mol. The number of nitrogens with zero attached hydrogens (tertiary/aromatic N) is 2. The van der Waals surface area contributed by atoms with Crippen LogP contribution in [0.4, 0.5) is 5.69 Å². The Hall–Kier alpha value is -3.33. The normalized spacial score (nSPS) is 27.3. The number of carboxylic acids is 1. The largest absolute Gasteiger partial charge is 0.490 e. The first-order chi connectivity index (χ1) is 22.1. The van der Waals surface area contributed by atoms with Gasteiger partial charge in [-0.05, 0) is 104 Å². The van der Waals surface area contributed by atoms with Gasteiger partial charge in [-0.3, -0.25) is 4.79 Å². The summed E-state index contributed by atoms with van der Waals surface area (Å²) in [6.07, 6.45) is 9.19. The van der Waals surface area contributed by atoms with Gasteiger partial charge < -0.3 is 29.9 Å². The van der Waals surface area contributed by atoms with Crippen LogP contribution in [0.15, 0.2) is 61.7 Å². The summed E-state index contributed by atoms with van der Waals surface area (Å²) in [5.74, 6) is -0.968. The Morgan fingerprint density at radius 3 is 2.70 bits per heavy atom. The third kappa shape index (κ3) is 5.96. The van der Waals surface area contributed by atoms with Crippen LogP contribution < -0.4 is 9.64 Å². The van der Waals surface area contributed by atoms with E-state index >= 15 is 0 Å². The predicted molar refractivity (Wildman–Crippen MR) is 178 cm³/mol. The molecule has 6 rings (SSSR count). The van der Waals surface area contributed by atoms with Crippen molar-refractivity contribution in [3.63, 3.8) is 0 Å². The topological polar surface area (TPSA) is 111 Å². The number of benzene rings is 2. The Kier molecular flexibility index (Phi) is 9.25. The summed E-state index contributed by atoms with van der Waals surface area (Å²) in [5.41, 5.74) is 0.505. The van der Waals surface area contributed by atoms with E-state index in [-0.39, 0.29) is 34.8 Å². The van der Waals surface area contributed by atoms with Crippen LogP contribution in [0.3, 0.4) is 0 Å². The molecule has 0 aromatic heterocycles. The number of rotatable bonds is 10. The number of ether oxygens (including phenoxy) is 1. The van der Waals surface area contributed by atoms with Crippen molar-refractivity contribution < 1.29 is 29.6 Å². The van der Waals surface area contributed by atoms with Gasteiger partial charge in [-0.15, -0.1) is 13.2 Å². The number of carbonyl (C=O) groups is 2. The molecule has 3 N–H and O–H groups in total. The number of carboxylic acid groups (broad SMARTS) is 1. The maximum absolute atomic E-state index is 13.5. The SMILES string of the molecule is C=CC[C@@H]1CCCN1C(=O)CC(O)(C(=O)O)c1ccc2c(c1)N(C[C@@H]1CC[C@H]1C(O)C=C)C[C@@]1(CCCc3cc(Cl)ccc31)CO2. The van der Waals surface area contributed by atoms with Crippen molar-refractivity contribution in [2.75, 3.05) is 31.1 Å². The van der Waals surface area contributed by atoms with Crippen LogP contribution >= 0.6 is 11.6 Å². The molecule has 246 valence electrons. The molecule has 2 heterocycles. The number of hydrogen-bond acceptors (Lipinski definition) is 6. The number of amides is 1. The second kappa shape index (κ2) is 13.1. The average Bonchev–Trinajstić information content (AvgIpc) is 3.43. The summed E-state index contributed by atoms with van der Waals surface area (Å²) in [6.45, 7) is 9.82. The highest BCUT2D eigenvalue weighted by Gasteiger charge is 2.46. The molecule has 1 saturated carbocycles. The second-order valence-electron chi connectivity index (χ2n) is 13.8. The summed E-state index contributed by atoms with van der Waals surface area (Å²) >= 11 is 6.40. The van der Waals surface area contributed by atoms with Crippen LogP contribution in [0.2, 0.25) is 5.02 Å². The van der Waals surface area contributed by atoms with Gasteiger partial charge in [0.25, 0.3) is 0 Å². The van der Waals surface area contributed by atoms with Crippen LogP contribution in [-0.2, 0) is 27.0 Å². The lowest BCUT2D eigenvalue weighted by molar-refractivity contribution is -0.165. The Morgan fingerprint density at radius 2 is 1.98 bits per heavy atom. The van der Waals surface area contributed by atoms with Gasteiger partial charge >= 0.3 is 5.97 Å². The van der Waals surface area contributed by atoms with Crippen molar-refractivity contribution in [3.05, 3.63) is 83.4 Å². The number of hydrogen-bond donors (Lipinski definition) is 3. The molecular formula is C37H45ClN2O6. The maximum Gasteiger partial charge on any atom is 0.340 e. The zero-order valence-corrected chi connectivity index (χ0v) is 27.1. The second-order valence-corrected chi connectivity index (χ2v) is 14.2. The maximum atomic E-state index is 13.5. The third-order valence-corrected chi connectivity index (χ3v) is 11.3. The van der Waals surface area contributed by atoms with Gasteiger partial charge in [0.2, 0.25) is 5.91 Å². The number of carbonyl (C=O) groups excluding carboxylic acids is 1. The number of aliphatic carboxylic acids is 1. The minimum absolute atomic E-state index is 0.0373. The average molecular weight is 649 g/mol. The van der Waals surface area contributed by atoms with Crippen LogP contribution in [0.5, 0.6) is 5.75 Å². The molecule has 1 amide bonds. The van der Waals surface area contributed by atoms with E-state index in [4.69, 9.17) is 16.3 Å². The van der Waals surface area contributed by atoms with E-state index < -0.39 is 24.1 Å². The Balaban J connectivity index is 1.37. The van der Waals surface area contributed by atoms with E-state index in [0.717, 1.165) is 44.9 Å². The highest BCUT2D eigenvalue weighted by atomic mass is 35.5. The van der Waals surface area contributed by atoms with Gasteiger partial charge in [0.1, 0.15) is 5.75 Å².